The van der Waals surface area contributed by atoms with Crippen LogP contribution in [0.4, 0.5) is 0 Å². The number of amides is 3. The lowest BCUT2D eigenvalue weighted by Gasteiger charge is -2.35. The average molecular weight is 580 g/mol. The first-order valence-corrected chi connectivity index (χ1v) is 14.5. The van der Waals surface area contributed by atoms with Crippen molar-refractivity contribution in [1.82, 2.24) is 26.1 Å². The van der Waals surface area contributed by atoms with E-state index in [4.69, 9.17) is 9.72 Å². The first-order chi connectivity index (χ1) is 19.8. The summed E-state index contributed by atoms with van der Waals surface area (Å²) in [4.78, 5) is 57.9. The molecule has 3 heterocycles. The predicted molar refractivity (Wildman–Crippen MR) is 157 cm³/mol. The summed E-state index contributed by atoms with van der Waals surface area (Å²) < 4.78 is 5.75. The summed E-state index contributed by atoms with van der Waals surface area (Å²) in [6.07, 6.45) is 2.69. The number of benzene rings is 1. The zero-order chi connectivity index (χ0) is 30.8. The third kappa shape index (κ3) is 6.63. The first kappa shape index (κ1) is 31.1. The molecule has 4 rings (SSSR count). The van der Waals surface area contributed by atoms with Gasteiger partial charge in [0.05, 0.1) is 22.7 Å². The lowest BCUT2D eigenvalue weighted by atomic mass is 9.82. The Bertz CT molecular complexity index is 1390. The summed E-state index contributed by atoms with van der Waals surface area (Å²) in [6, 6.07) is 6.70. The van der Waals surface area contributed by atoms with Crippen molar-refractivity contribution in [2.45, 2.75) is 84.7 Å². The highest BCUT2D eigenvalue weighted by Crippen LogP contribution is 2.28. The van der Waals surface area contributed by atoms with Gasteiger partial charge >= 0.3 is 5.97 Å². The van der Waals surface area contributed by atoms with Gasteiger partial charge in [-0.2, -0.15) is 0 Å². The number of ether oxygens (including phenoxy) is 1. The monoisotopic (exact) mass is 579 g/mol. The Morgan fingerprint density at radius 3 is 2.48 bits per heavy atom. The molecule has 1 aromatic carbocycles. The van der Waals surface area contributed by atoms with Gasteiger partial charge in [-0.1, -0.05) is 44.2 Å². The molecule has 1 aromatic heterocycles. The van der Waals surface area contributed by atoms with E-state index in [0.717, 1.165) is 10.9 Å². The molecule has 6 atom stereocenters. The summed E-state index contributed by atoms with van der Waals surface area (Å²) >= 11 is 0. The van der Waals surface area contributed by atoms with Gasteiger partial charge in [-0.05, 0) is 64.2 Å². The highest BCUT2D eigenvalue weighted by Gasteiger charge is 2.39. The number of nitrogens with zero attached hydrogens (tertiary/aromatic N) is 2. The van der Waals surface area contributed by atoms with Gasteiger partial charge < -0.3 is 20.5 Å². The number of cyclic esters (lactones) is 1. The molecule has 1 saturated heterocycles. The van der Waals surface area contributed by atoms with Crippen molar-refractivity contribution in [2.75, 3.05) is 6.54 Å². The molecule has 3 amide bonds. The lowest BCUT2D eigenvalue weighted by Crippen LogP contribution is -2.61. The number of fused-ring (bicyclic) bond motifs is 4. The number of nitrogens with one attached hydrogen (secondary N) is 3. The summed E-state index contributed by atoms with van der Waals surface area (Å²) in [6.45, 7) is 10.3. The second-order valence-corrected chi connectivity index (χ2v) is 11.8. The number of hydrogen-bond donors (Lipinski definition) is 4. The lowest BCUT2D eigenvalue weighted by molar-refractivity contribution is -0.157. The van der Waals surface area contributed by atoms with Crippen LogP contribution in [0.3, 0.4) is 0 Å². The second kappa shape index (κ2) is 12.6. The van der Waals surface area contributed by atoms with Crippen LogP contribution in [0.1, 0.15) is 71.7 Å². The van der Waals surface area contributed by atoms with Crippen molar-refractivity contribution in [3.05, 3.63) is 47.7 Å². The van der Waals surface area contributed by atoms with Crippen molar-refractivity contribution in [3.63, 3.8) is 0 Å². The van der Waals surface area contributed by atoms with E-state index in [-0.39, 0.29) is 5.92 Å². The van der Waals surface area contributed by atoms with Gasteiger partial charge in [-0.15, -0.1) is 0 Å². The maximum Gasteiger partial charge on any atom is 0.325 e. The first-order valence-electron chi connectivity index (χ1n) is 14.5. The number of hydrazine groups is 1. The summed E-state index contributed by atoms with van der Waals surface area (Å²) in [5, 5.41) is 18.4. The molecule has 42 heavy (non-hydrogen) atoms. The van der Waals surface area contributed by atoms with Gasteiger partial charge in [0.15, 0.2) is 0 Å². The van der Waals surface area contributed by atoms with Crippen LogP contribution >= 0.6 is 0 Å². The van der Waals surface area contributed by atoms with E-state index in [1.807, 2.05) is 24.3 Å². The molecular weight excluding hydrogens is 538 g/mol. The fraction of sp³-hybridized carbons (Fsp3) is 0.516. The Kier molecular flexibility index (Phi) is 9.32. The normalized spacial score (nSPS) is 29.6. The fourth-order valence-electron chi connectivity index (χ4n) is 5.02. The van der Waals surface area contributed by atoms with Crippen LogP contribution in [0.2, 0.25) is 0 Å². The van der Waals surface area contributed by atoms with Crippen LogP contribution in [0.5, 0.6) is 0 Å². The van der Waals surface area contributed by atoms with Crippen LogP contribution in [-0.2, 0) is 23.9 Å². The van der Waals surface area contributed by atoms with Crippen molar-refractivity contribution < 1.29 is 29.0 Å². The van der Waals surface area contributed by atoms with Crippen LogP contribution < -0.4 is 16.1 Å². The van der Waals surface area contributed by atoms with Gasteiger partial charge in [-0.25, -0.2) is 10.4 Å². The van der Waals surface area contributed by atoms with E-state index in [1.165, 1.54) is 11.9 Å². The van der Waals surface area contributed by atoms with Crippen LogP contribution in [0.15, 0.2) is 36.4 Å². The van der Waals surface area contributed by atoms with Crippen LogP contribution in [0.25, 0.3) is 17.0 Å². The summed E-state index contributed by atoms with van der Waals surface area (Å²) in [5.74, 6) is -2.29. The largest absolute Gasteiger partial charge is 0.455 e. The molecule has 11 heteroatoms. The van der Waals surface area contributed by atoms with Gasteiger partial charge in [0.1, 0.15) is 24.2 Å². The van der Waals surface area contributed by atoms with E-state index in [2.05, 4.69) is 16.1 Å². The van der Waals surface area contributed by atoms with Gasteiger partial charge in [-0.3, -0.25) is 24.2 Å². The van der Waals surface area contributed by atoms with Gasteiger partial charge in [0, 0.05) is 11.9 Å². The number of aliphatic hydroxyl groups is 1. The minimum absolute atomic E-state index is 0.310. The van der Waals surface area contributed by atoms with E-state index in [9.17, 15) is 24.3 Å². The molecule has 2 unspecified atom stereocenters. The maximum absolute atomic E-state index is 13.6. The number of carbonyl (C=O) groups excluding carboxylic acids is 4. The Balaban J connectivity index is 1.75. The zero-order valence-electron chi connectivity index (χ0n) is 25.0. The number of hydrogen-bond acceptors (Lipinski definition) is 8. The second-order valence-electron chi connectivity index (χ2n) is 11.8. The molecule has 2 aromatic rings. The van der Waals surface area contributed by atoms with Gasteiger partial charge in [0.2, 0.25) is 11.8 Å². The molecule has 5 bridgehead atoms. The molecular formula is C31H41N5O6. The molecule has 0 radical (unpaired) electrons. The topological polar surface area (TPSA) is 150 Å². The fourth-order valence-corrected chi connectivity index (χ4v) is 5.02. The summed E-state index contributed by atoms with van der Waals surface area (Å²) in [7, 11) is 0. The third-order valence-corrected chi connectivity index (χ3v) is 8.13. The maximum atomic E-state index is 13.6. The SMILES string of the molecule is CC(C)[C@@H]1NC(=O)C(C)(C(C)O)/C=C/c2ccc3ccc(nc3c2)[C@@H](C)OC(=O)[C@@H]2CCCN(N2)C(=O)[C@H](C)NC1=O. The molecule has 2 aliphatic rings. The van der Waals surface area contributed by atoms with Crippen LogP contribution in [-0.4, -0.2) is 69.6 Å². The minimum atomic E-state index is -1.37. The van der Waals surface area contributed by atoms with Gasteiger partial charge in [0.25, 0.3) is 5.91 Å². The number of aromatic nitrogens is 1. The quantitative estimate of drug-likeness (QED) is 0.396. The molecule has 0 saturated carbocycles. The number of carbonyl (C=O) groups is 4. The number of esters is 1. The van der Waals surface area contributed by atoms with E-state index in [1.54, 1.807) is 52.8 Å². The van der Waals surface area contributed by atoms with Crippen molar-refractivity contribution in [3.8, 4) is 0 Å². The summed E-state index contributed by atoms with van der Waals surface area (Å²) in [5.41, 5.74) is 3.58. The number of aliphatic hydroxyl groups excluding tert-OH is 1. The Labute approximate surface area is 246 Å². The standard InChI is InChI=1S/C31H41N5O6/c1-17(2)26-27(38)32-18(3)28(39)36-15-7-8-24(35-36)29(40)42-19(4)23-12-11-22-10-9-21(16-25(22)33-23)13-14-31(6,20(5)37)30(41)34-26/h9-14,16-20,24,26,35,37H,7-8,15H2,1-6H3,(H,32,38)(H,34,41)/b14-13+/t18-,19+,20?,24-,26-,31?/m0/s1. The van der Waals surface area contributed by atoms with E-state index >= 15 is 0 Å². The average Bonchev–Trinajstić information content (AvgIpc) is 2.96. The zero-order valence-corrected chi connectivity index (χ0v) is 25.0. The molecule has 11 nitrogen and oxygen atoms in total. The molecule has 0 spiro atoms. The molecule has 226 valence electrons. The Hall–Kier alpha value is -3.83. The van der Waals surface area contributed by atoms with E-state index < -0.39 is 59.4 Å². The molecule has 1 fully saturated rings. The highest BCUT2D eigenvalue weighted by atomic mass is 16.5. The third-order valence-electron chi connectivity index (χ3n) is 8.13. The van der Waals surface area contributed by atoms with Crippen molar-refractivity contribution in [1.29, 1.82) is 0 Å². The molecule has 4 N–H and O–H groups in total. The smallest absolute Gasteiger partial charge is 0.325 e. The van der Waals surface area contributed by atoms with Crippen molar-refractivity contribution in [2.24, 2.45) is 11.3 Å². The van der Waals surface area contributed by atoms with Crippen molar-refractivity contribution >= 4 is 40.7 Å². The molecule has 0 aliphatic carbocycles. The van der Waals surface area contributed by atoms with Crippen LogP contribution in [0, 0.1) is 11.3 Å². The highest BCUT2D eigenvalue weighted by molar-refractivity contribution is 5.94. The number of pyridine rings is 1. The Morgan fingerprint density at radius 1 is 1.07 bits per heavy atom. The molecule has 2 aliphatic heterocycles. The minimum Gasteiger partial charge on any atom is -0.455 e. The Morgan fingerprint density at radius 2 is 1.79 bits per heavy atom. The number of rotatable bonds is 2. The van der Waals surface area contributed by atoms with E-state index in [0.29, 0.717) is 30.6 Å². The predicted octanol–water partition coefficient (Wildman–Crippen LogP) is 2.39.